The normalized spacial score (nSPS) is 16.9. The summed E-state index contributed by atoms with van der Waals surface area (Å²) in [4.78, 5) is 2.12. The van der Waals surface area contributed by atoms with Gasteiger partial charge in [-0.3, -0.25) is 4.90 Å². The van der Waals surface area contributed by atoms with Crippen LogP contribution in [0.5, 0.6) is 0 Å². The molecule has 0 radical (unpaired) electrons. The van der Waals surface area contributed by atoms with Crippen LogP contribution in [0.1, 0.15) is 23.1 Å². The Morgan fingerprint density at radius 3 is 2.38 bits per heavy atom. The molecule has 0 aliphatic carbocycles. The van der Waals surface area contributed by atoms with Gasteiger partial charge in [0.15, 0.2) is 0 Å². The molecule has 29 heavy (non-hydrogen) atoms. The number of halogens is 3. The standard InChI is InChI=1S/C20H20F3N3O2S/c21-20(22,23)18-7-5-16(6-8-18)15-25-9-2-10-26(12-11-25)29(27,28)19-4-1-3-17(13-19)14-24/h1,3-8,13H,2,9-12,15H2. The molecular formula is C20H20F3N3O2S. The predicted molar refractivity (Wildman–Crippen MR) is 101 cm³/mol. The van der Waals surface area contributed by atoms with Crippen molar-refractivity contribution in [1.82, 2.24) is 9.21 Å². The Kier molecular flexibility index (Phi) is 6.27. The van der Waals surface area contributed by atoms with E-state index < -0.39 is 21.8 Å². The highest BCUT2D eigenvalue weighted by Crippen LogP contribution is 2.29. The van der Waals surface area contributed by atoms with E-state index in [1.165, 1.54) is 28.6 Å². The number of nitriles is 1. The average molecular weight is 423 g/mol. The molecule has 1 aliphatic rings. The molecule has 0 amide bonds. The van der Waals surface area contributed by atoms with E-state index in [4.69, 9.17) is 5.26 Å². The number of hydrogen-bond donors (Lipinski definition) is 0. The molecule has 0 saturated carbocycles. The first-order valence-corrected chi connectivity index (χ1v) is 10.5. The van der Waals surface area contributed by atoms with Gasteiger partial charge in [-0.15, -0.1) is 0 Å². The molecule has 1 heterocycles. The van der Waals surface area contributed by atoms with Crippen LogP contribution < -0.4 is 0 Å². The summed E-state index contributed by atoms with van der Waals surface area (Å²) in [6.45, 7) is 2.20. The Morgan fingerprint density at radius 1 is 1.00 bits per heavy atom. The van der Waals surface area contributed by atoms with Crippen molar-refractivity contribution in [2.45, 2.75) is 24.0 Å². The molecule has 1 saturated heterocycles. The molecule has 154 valence electrons. The second-order valence-electron chi connectivity index (χ2n) is 6.87. The molecule has 0 atom stereocenters. The summed E-state index contributed by atoms with van der Waals surface area (Å²) >= 11 is 0. The monoisotopic (exact) mass is 423 g/mol. The summed E-state index contributed by atoms with van der Waals surface area (Å²) in [6, 6.07) is 12.9. The Hall–Kier alpha value is -2.41. The number of alkyl halides is 3. The summed E-state index contributed by atoms with van der Waals surface area (Å²) < 4.78 is 65.2. The third kappa shape index (κ3) is 5.15. The maximum Gasteiger partial charge on any atom is 0.416 e. The van der Waals surface area contributed by atoms with Gasteiger partial charge in [0.25, 0.3) is 0 Å². The average Bonchev–Trinajstić information content (AvgIpc) is 2.94. The van der Waals surface area contributed by atoms with Gasteiger partial charge < -0.3 is 0 Å². The second-order valence-corrected chi connectivity index (χ2v) is 8.81. The van der Waals surface area contributed by atoms with Gasteiger partial charge in [-0.2, -0.15) is 22.7 Å². The molecule has 2 aromatic carbocycles. The van der Waals surface area contributed by atoms with Crippen LogP contribution in [0.4, 0.5) is 13.2 Å². The lowest BCUT2D eigenvalue weighted by Crippen LogP contribution is -2.35. The number of benzene rings is 2. The zero-order valence-corrected chi connectivity index (χ0v) is 16.4. The second kappa shape index (κ2) is 8.53. The summed E-state index contributed by atoms with van der Waals surface area (Å²) in [5, 5.41) is 8.99. The smallest absolute Gasteiger partial charge is 0.298 e. The first-order valence-electron chi connectivity index (χ1n) is 9.09. The van der Waals surface area contributed by atoms with Crippen molar-refractivity contribution in [3.05, 3.63) is 65.2 Å². The summed E-state index contributed by atoms with van der Waals surface area (Å²) in [5.41, 5.74) is 0.342. The fourth-order valence-electron chi connectivity index (χ4n) is 3.28. The van der Waals surface area contributed by atoms with E-state index in [1.807, 2.05) is 11.0 Å². The SMILES string of the molecule is N#Cc1cccc(S(=O)(=O)N2CCCN(Cc3ccc(C(F)(F)F)cc3)CC2)c1. The van der Waals surface area contributed by atoms with Crippen LogP contribution in [0.25, 0.3) is 0 Å². The van der Waals surface area contributed by atoms with Gasteiger partial charge in [0.2, 0.25) is 10.0 Å². The molecule has 0 bridgehead atoms. The Labute approximate surface area is 168 Å². The van der Waals surface area contributed by atoms with Gasteiger partial charge in [-0.1, -0.05) is 18.2 Å². The van der Waals surface area contributed by atoms with E-state index in [2.05, 4.69) is 0 Å². The van der Waals surface area contributed by atoms with E-state index >= 15 is 0 Å². The highest BCUT2D eigenvalue weighted by atomic mass is 32.2. The van der Waals surface area contributed by atoms with Crippen molar-refractivity contribution in [1.29, 1.82) is 5.26 Å². The number of hydrogen-bond acceptors (Lipinski definition) is 4. The minimum absolute atomic E-state index is 0.0905. The molecule has 0 aromatic heterocycles. The van der Waals surface area contributed by atoms with Crippen molar-refractivity contribution < 1.29 is 21.6 Å². The van der Waals surface area contributed by atoms with Crippen molar-refractivity contribution in [2.75, 3.05) is 26.2 Å². The largest absolute Gasteiger partial charge is 0.416 e. The van der Waals surface area contributed by atoms with Gasteiger partial charge >= 0.3 is 6.18 Å². The van der Waals surface area contributed by atoms with Gasteiger partial charge in [-0.25, -0.2) is 8.42 Å². The highest BCUT2D eigenvalue weighted by molar-refractivity contribution is 7.89. The zero-order valence-electron chi connectivity index (χ0n) is 15.6. The molecule has 0 unspecified atom stereocenters. The van der Waals surface area contributed by atoms with Gasteiger partial charge in [0.1, 0.15) is 0 Å². The van der Waals surface area contributed by atoms with Crippen LogP contribution in [0, 0.1) is 11.3 Å². The number of sulfonamides is 1. The van der Waals surface area contributed by atoms with Gasteiger partial charge in [-0.05, 0) is 48.9 Å². The first kappa shape index (κ1) is 21.3. The third-order valence-electron chi connectivity index (χ3n) is 4.84. The Bertz CT molecular complexity index is 999. The van der Waals surface area contributed by atoms with Gasteiger partial charge in [0.05, 0.1) is 22.1 Å². The van der Waals surface area contributed by atoms with E-state index in [9.17, 15) is 21.6 Å². The van der Waals surface area contributed by atoms with E-state index in [1.54, 1.807) is 12.1 Å². The summed E-state index contributed by atoms with van der Waals surface area (Å²) in [5.74, 6) is 0. The van der Waals surface area contributed by atoms with Crippen LogP contribution in [-0.4, -0.2) is 43.8 Å². The fourth-order valence-corrected chi connectivity index (χ4v) is 4.79. The minimum Gasteiger partial charge on any atom is -0.298 e. The maximum atomic E-state index is 12.9. The molecule has 9 heteroatoms. The van der Waals surface area contributed by atoms with Gasteiger partial charge in [0, 0.05) is 26.2 Å². The topological polar surface area (TPSA) is 64.4 Å². The lowest BCUT2D eigenvalue weighted by Gasteiger charge is -2.22. The molecule has 0 N–H and O–H groups in total. The molecule has 5 nitrogen and oxygen atoms in total. The fraction of sp³-hybridized carbons (Fsp3) is 0.350. The predicted octanol–water partition coefficient (Wildman–Crippen LogP) is 3.47. The van der Waals surface area contributed by atoms with Crippen LogP contribution in [0.2, 0.25) is 0 Å². The van der Waals surface area contributed by atoms with Crippen LogP contribution >= 0.6 is 0 Å². The molecule has 1 fully saturated rings. The van der Waals surface area contributed by atoms with E-state index in [-0.39, 0.29) is 17.0 Å². The van der Waals surface area contributed by atoms with Crippen molar-refractivity contribution in [3.8, 4) is 6.07 Å². The number of rotatable bonds is 4. The summed E-state index contributed by atoms with van der Waals surface area (Å²) in [7, 11) is -3.71. The minimum atomic E-state index is -4.36. The third-order valence-corrected chi connectivity index (χ3v) is 6.73. The van der Waals surface area contributed by atoms with E-state index in [0.29, 0.717) is 32.6 Å². The molecule has 1 aliphatic heterocycles. The lowest BCUT2D eigenvalue weighted by molar-refractivity contribution is -0.137. The Morgan fingerprint density at radius 2 is 1.72 bits per heavy atom. The number of nitrogens with zero attached hydrogens (tertiary/aromatic N) is 3. The maximum absolute atomic E-state index is 12.9. The molecule has 0 spiro atoms. The lowest BCUT2D eigenvalue weighted by atomic mass is 10.1. The summed E-state index contributed by atoms with van der Waals surface area (Å²) in [6.07, 6.45) is -3.75. The van der Waals surface area contributed by atoms with Crippen molar-refractivity contribution in [3.63, 3.8) is 0 Å². The van der Waals surface area contributed by atoms with Crippen LogP contribution in [-0.2, 0) is 22.7 Å². The zero-order chi connectivity index (χ0) is 21.1. The van der Waals surface area contributed by atoms with Crippen LogP contribution in [0.15, 0.2) is 53.4 Å². The highest BCUT2D eigenvalue weighted by Gasteiger charge is 2.30. The van der Waals surface area contributed by atoms with Crippen molar-refractivity contribution in [2.24, 2.45) is 0 Å². The molecule has 3 rings (SSSR count). The van der Waals surface area contributed by atoms with E-state index in [0.717, 1.165) is 17.7 Å². The van der Waals surface area contributed by atoms with Crippen LogP contribution in [0.3, 0.4) is 0 Å². The molecular weight excluding hydrogens is 403 g/mol. The molecule has 2 aromatic rings. The van der Waals surface area contributed by atoms with Crippen molar-refractivity contribution >= 4 is 10.0 Å². The quantitative estimate of drug-likeness (QED) is 0.756. The first-order chi connectivity index (χ1) is 13.7. The Balaban J connectivity index is 1.66.